The highest BCUT2D eigenvalue weighted by Gasteiger charge is 2.18. The monoisotopic (exact) mass is 208 g/mol. The van der Waals surface area contributed by atoms with Crippen molar-refractivity contribution in [1.29, 1.82) is 0 Å². The normalized spacial score (nSPS) is 16.0. The Balaban J connectivity index is 1.94. The minimum Gasteiger partial charge on any atom is -0.477 e. The second kappa shape index (κ2) is 4.35. The van der Waals surface area contributed by atoms with Gasteiger partial charge >= 0.3 is 5.97 Å². The number of aromatic nitrogens is 2. The molecule has 1 aromatic rings. The van der Waals surface area contributed by atoms with Crippen LogP contribution < -0.4 is 0 Å². The predicted octanol–water partition coefficient (Wildman–Crippen LogP) is 1.24. The van der Waals surface area contributed by atoms with Crippen LogP contribution in [0, 0.1) is 0 Å². The van der Waals surface area contributed by atoms with E-state index < -0.39 is 5.97 Å². The first-order chi connectivity index (χ1) is 7.25. The maximum absolute atomic E-state index is 10.6. The van der Waals surface area contributed by atoms with Gasteiger partial charge < -0.3 is 9.84 Å². The predicted molar refractivity (Wildman–Crippen MR) is 51.4 cm³/mol. The van der Waals surface area contributed by atoms with Crippen molar-refractivity contribution in [1.82, 2.24) is 9.97 Å². The first-order valence-electron chi connectivity index (χ1n) is 4.92. The van der Waals surface area contributed by atoms with E-state index in [1.807, 2.05) is 0 Å². The second-order valence-corrected chi connectivity index (χ2v) is 3.53. The van der Waals surface area contributed by atoms with Gasteiger partial charge in [0.25, 0.3) is 0 Å². The summed E-state index contributed by atoms with van der Waals surface area (Å²) >= 11 is 0. The first kappa shape index (κ1) is 10.0. The number of carbonyl (C=O) groups is 1. The van der Waals surface area contributed by atoms with Gasteiger partial charge in [-0.3, -0.25) is 0 Å². The molecule has 0 radical (unpaired) electrons. The summed E-state index contributed by atoms with van der Waals surface area (Å²) in [6, 6.07) is 1.37. The summed E-state index contributed by atoms with van der Waals surface area (Å²) in [6.07, 6.45) is 5.12. The van der Waals surface area contributed by atoms with E-state index in [0.29, 0.717) is 18.5 Å². The summed E-state index contributed by atoms with van der Waals surface area (Å²) in [5.74, 6) is -0.607. The van der Waals surface area contributed by atoms with E-state index in [1.54, 1.807) is 0 Å². The zero-order valence-electron chi connectivity index (χ0n) is 8.22. The van der Waals surface area contributed by atoms with Gasteiger partial charge in [0.1, 0.15) is 6.61 Å². The molecule has 0 unspecified atom stereocenters. The van der Waals surface area contributed by atoms with Gasteiger partial charge in [0.15, 0.2) is 11.5 Å². The number of rotatable bonds is 4. The lowest BCUT2D eigenvalue weighted by molar-refractivity contribution is -0.0117. The van der Waals surface area contributed by atoms with Gasteiger partial charge in [-0.2, -0.15) is 0 Å². The highest BCUT2D eigenvalue weighted by atomic mass is 16.5. The van der Waals surface area contributed by atoms with Crippen LogP contribution in [0.3, 0.4) is 0 Å². The number of nitrogens with zero attached hydrogens (tertiary/aromatic N) is 2. The van der Waals surface area contributed by atoms with Crippen LogP contribution in [0.15, 0.2) is 12.3 Å². The molecule has 15 heavy (non-hydrogen) atoms. The number of aromatic carboxylic acids is 1. The molecule has 0 aliphatic heterocycles. The van der Waals surface area contributed by atoms with Crippen molar-refractivity contribution in [3.05, 3.63) is 23.8 Å². The van der Waals surface area contributed by atoms with Crippen LogP contribution in [0.5, 0.6) is 0 Å². The Morgan fingerprint density at radius 1 is 1.60 bits per heavy atom. The smallest absolute Gasteiger partial charge is 0.354 e. The zero-order valence-corrected chi connectivity index (χ0v) is 8.22. The van der Waals surface area contributed by atoms with E-state index in [-0.39, 0.29) is 5.69 Å². The van der Waals surface area contributed by atoms with Crippen molar-refractivity contribution < 1.29 is 14.6 Å². The molecule has 0 spiro atoms. The molecule has 1 heterocycles. The molecule has 0 bridgehead atoms. The van der Waals surface area contributed by atoms with Crippen molar-refractivity contribution in [2.24, 2.45) is 0 Å². The van der Waals surface area contributed by atoms with Crippen LogP contribution >= 0.6 is 0 Å². The fourth-order valence-corrected chi connectivity index (χ4v) is 1.32. The molecule has 0 amide bonds. The van der Waals surface area contributed by atoms with E-state index in [0.717, 1.165) is 12.8 Å². The average molecular weight is 208 g/mol. The van der Waals surface area contributed by atoms with Crippen molar-refractivity contribution in [3.8, 4) is 0 Å². The zero-order chi connectivity index (χ0) is 10.7. The van der Waals surface area contributed by atoms with Crippen molar-refractivity contribution >= 4 is 5.97 Å². The number of hydrogen-bond acceptors (Lipinski definition) is 4. The van der Waals surface area contributed by atoms with Gasteiger partial charge in [-0.25, -0.2) is 14.8 Å². The summed E-state index contributed by atoms with van der Waals surface area (Å²) in [7, 11) is 0. The Labute approximate surface area is 87.1 Å². The molecule has 5 heteroatoms. The standard InChI is InChI=1S/C10H12N2O3/c13-10(14)8-4-5-11-9(12-8)6-15-7-2-1-3-7/h4-5,7H,1-3,6H2,(H,13,14). The lowest BCUT2D eigenvalue weighted by atomic mass is 9.96. The lowest BCUT2D eigenvalue weighted by Gasteiger charge is -2.24. The quantitative estimate of drug-likeness (QED) is 0.806. The Bertz CT molecular complexity index is 363. The Kier molecular flexibility index (Phi) is 2.91. The SMILES string of the molecule is O=C(O)c1ccnc(COC2CCC2)n1. The van der Waals surface area contributed by atoms with Crippen LogP contribution in [0.25, 0.3) is 0 Å². The molecular weight excluding hydrogens is 196 g/mol. The molecule has 1 aliphatic rings. The third-order valence-electron chi connectivity index (χ3n) is 2.42. The summed E-state index contributed by atoms with van der Waals surface area (Å²) in [6.45, 7) is 0.297. The molecule has 1 fully saturated rings. The van der Waals surface area contributed by atoms with E-state index >= 15 is 0 Å². The van der Waals surface area contributed by atoms with E-state index in [9.17, 15) is 4.79 Å². The minimum atomic E-state index is -1.04. The molecule has 0 atom stereocenters. The fourth-order valence-electron chi connectivity index (χ4n) is 1.32. The number of ether oxygens (including phenoxy) is 1. The highest BCUT2D eigenvalue weighted by Crippen LogP contribution is 2.22. The van der Waals surface area contributed by atoms with E-state index in [2.05, 4.69) is 9.97 Å². The van der Waals surface area contributed by atoms with Crippen molar-refractivity contribution in [2.75, 3.05) is 0 Å². The topological polar surface area (TPSA) is 72.3 Å². The van der Waals surface area contributed by atoms with Crippen LogP contribution in [0.2, 0.25) is 0 Å². The summed E-state index contributed by atoms with van der Waals surface area (Å²) in [5.41, 5.74) is 0.0113. The van der Waals surface area contributed by atoms with Crippen molar-refractivity contribution in [3.63, 3.8) is 0 Å². The third kappa shape index (κ3) is 2.50. The fraction of sp³-hybridized carbons (Fsp3) is 0.500. The molecule has 1 saturated carbocycles. The van der Waals surface area contributed by atoms with Gasteiger partial charge in [-0.05, 0) is 25.3 Å². The molecule has 1 aliphatic carbocycles. The molecule has 1 N–H and O–H groups in total. The average Bonchev–Trinajstić information content (AvgIpc) is 2.16. The Morgan fingerprint density at radius 3 is 3.00 bits per heavy atom. The van der Waals surface area contributed by atoms with Crippen LogP contribution in [0.4, 0.5) is 0 Å². The van der Waals surface area contributed by atoms with Gasteiger partial charge in [0, 0.05) is 6.20 Å². The van der Waals surface area contributed by atoms with Gasteiger partial charge in [0.05, 0.1) is 6.10 Å². The molecule has 0 saturated heterocycles. The Hall–Kier alpha value is -1.49. The van der Waals surface area contributed by atoms with Crippen LogP contribution in [-0.2, 0) is 11.3 Å². The molecule has 2 rings (SSSR count). The Morgan fingerprint density at radius 2 is 2.40 bits per heavy atom. The third-order valence-corrected chi connectivity index (χ3v) is 2.42. The van der Waals surface area contributed by atoms with Crippen LogP contribution in [-0.4, -0.2) is 27.1 Å². The van der Waals surface area contributed by atoms with Gasteiger partial charge in [0.2, 0.25) is 0 Å². The maximum Gasteiger partial charge on any atom is 0.354 e. The van der Waals surface area contributed by atoms with Crippen molar-refractivity contribution in [2.45, 2.75) is 32.0 Å². The largest absolute Gasteiger partial charge is 0.477 e. The van der Waals surface area contributed by atoms with Gasteiger partial charge in [-0.15, -0.1) is 0 Å². The van der Waals surface area contributed by atoms with Crippen LogP contribution in [0.1, 0.15) is 35.6 Å². The molecule has 5 nitrogen and oxygen atoms in total. The number of hydrogen-bond donors (Lipinski definition) is 1. The minimum absolute atomic E-state index is 0.0113. The molecule has 0 aromatic carbocycles. The molecule has 1 aromatic heterocycles. The molecular formula is C10H12N2O3. The lowest BCUT2D eigenvalue weighted by Crippen LogP contribution is -2.21. The summed E-state index contributed by atoms with van der Waals surface area (Å²) < 4.78 is 5.48. The number of carboxylic acid groups (broad SMARTS) is 1. The first-order valence-corrected chi connectivity index (χ1v) is 4.92. The highest BCUT2D eigenvalue weighted by molar-refractivity contribution is 5.85. The van der Waals surface area contributed by atoms with E-state index in [4.69, 9.17) is 9.84 Å². The summed E-state index contributed by atoms with van der Waals surface area (Å²) in [4.78, 5) is 18.4. The summed E-state index contributed by atoms with van der Waals surface area (Å²) in [5, 5.41) is 8.71. The van der Waals surface area contributed by atoms with Gasteiger partial charge in [-0.1, -0.05) is 0 Å². The van der Waals surface area contributed by atoms with E-state index in [1.165, 1.54) is 18.7 Å². The second-order valence-electron chi connectivity index (χ2n) is 3.53. The maximum atomic E-state index is 10.6. The molecule has 80 valence electrons. The number of carboxylic acids is 1.